The molecule has 204 valence electrons. The summed E-state index contributed by atoms with van der Waals surface area (Å²) in [6.07, 6.45) is 2.91. The van der Waals surface area contributed by atoms with Gasteiger partial charge in [0.05, 0.1) is 35.8 Å². The molecular weight excluding hydrogens is 528 g/mol. The third-order valence-electron chi connectivity index (χ3n) is 6.60. The maximum Gasteiger partial charge on any atom is 0.272 e. The number of benzene rings is 2. The minimum atomic E-state index is -3.21. The van der Waals surface area contributed by atoms with Crippen LogP contribution in [0.25, 0.3) is 10.9 Å². The number of para-hydroxylation sites is 1. The van der Waals surface area contributed by atoms with Gasteiger partial charge < -0.3 is 9.47 Å². The number of hydrogen-bond acceptors (Lipinski definition) is 9. The van der Waals surface area contributed by atoms with Crippen molar-refractivity contribution in [2.75, 3.05) is 51.7 Å². The van der Waals surface area contributed by atoms with E-state index in [0.717, 1.165) is 22.0 Å². The molecule has 0 bridgehead atoms. The van der Waals surface area contributed by atoms with Gasteiger partial charge in [-0.3, -0.25) is 15.0 Å². The molecule has 0 N–H and O–H groups in total. The smallest absolute Gasteiger partial charge is 0.272 e. The Labute approximate surface area is 227 Å². The summed E-state index contributed by atoms with van der Waals surface area (Å²) in [7, 11) is -1.66. The Morgan fingerprint density at radius 3 is 2.53 bits per heavy atom. The second-order valence-corrected chi connectivity index (χ2v) is 12.0. The van der Waals surface area contributed by atoms with Crippen LogP contribution in [0.4, 0.5) is 5.69 Å². The minimum absolute atomic E-state index is 0.0288. The monoisotopic (exact) mass is 560 g/mol. The summed E-state index contributed by atoms with van der Waals surface area (Å²) in [4.78, 5) is 18.4. The maximum absolute atomic E-state index is 11.9. The van der Waals surface area contributed by atoms with Crippen LogP contribution in [0.5, 0.6) is 5.88 Å². The number of nitrogens with zero attached hydrogens (tertiary/aromatic N) is 4. The van der Waals surface area contributed by atoms with Gasteiger partial charge in [-0.15, -0.1) is 11.8 Å². The predicted octanol–water partition coefficient (Wildman–Crippen LogP) is 3.85. The molecule has 1 aliphatic rings. The molecule has 1 fully saturated rings. The fourth-order valence-electron chi connectivity index (χ4n) is 4.67. The van der Waals surface area contributed by atoms with Crippen molar-refractivity contribution in [3.63, 3.8) is 0 Å². The van der Waals surface area contributed by atoms with Crippen LogP contribution in [0.15, 0.2) is 48.5 Å². The highest BCUT2D eigenvalue weighted by atomic mass is 32.2. The first kappa shape index (κ1) is 28.2. The Morgan fingerprint density at radius 1 is 1.13 bits per heavy atom. The lowest BCUT2D eigenvalue weighted by Crippen LogP contribution is -2.47. The number of aromatic nitrogens is 1. The molecule has 1 aliphatic heterocycles. The van der Waals surface area contributed by atoms with Crippen LogP contribution in [0.1, 0.15) is 22.8 Å². The summed E-state index contributed by atoms with van der Waals surface area (Å²) in [5.41, 5.74) is 3.04. The fraction of sp³-hybridized carbons (Fsp3) is 0.423. The molecule has 0 saturated carbocycles. The Hall–Kier alpha value is -2.77. The normalized spacial score (nSPS) is 16.0. The topological polar surface area (TPSA) is 115 Å². The molecule has 1 atom stereocenters. The SMILES string of the molecule is COc1nc2ccccc2cc1C(Cc1cc(CN2CCN(S(C)(=O)=O)CC2)ccc1[N+](=O)[O-])OCSC. The molecule has 3 aromatic rings. The molecule has 1 unspecified atom stereocenters. The van der Waals surface area contributed by atoms with Gasteiger partial charge in [0.2, 0.25) is 15.9 Å². The molecule has 0 amide bonds. The van der Waals surface area contributed by atoms with Gasteiger partial charge in [-0.05, 0) is 30.0 Å². The minimum Gasteiger partial charge on any atom is -0.481 e. The average Bonchev–Trinajstić information content (AvgIpc) is 2.90. The molecule has 12 heteroatoms. The molecule has 2 heterocycles. The standard InChI is InChI=1S/C26H32N4O6S2/c1-35-26-22(15-20-6-4-5-7-23(20)27-26)25(36-18-37-2)16-21-14-19(8-9-24(21)30(31)32)17-28-10-12-29(13-11-28)38(3,33)34/h4-9,14-15,25H,10-13,16-18H2,1-3H3. The van der Waals surface area contributed by atoms with Gasteiger partial charge in [0, 0.05) is 61.7 Å². The van der Waals surface area contributed by atoms with Crippen LogP contribution in [0.2, 0.25) is 0 Å². The van der Waals surface area contributed by atoms with Gasteiger partial charge in [0.15, 0.2) is 0 Å². The zero-order valence-corrected chi connectivity index (χ0v) is 23.3. The highest BCUT2D eigenvalue weighted by Crippen LogP contribution is 2.35. The summed E-state index contributed by atoms with van der Waals surface area (Å²) in [6, 6.07) is 14.8. The van der Waals surface area contributed by atoms with E-state index in [9.17, 15) is 18.5 Å². The van der Waals surface area contributed by atoms with Crippen molar-refractivity contribution >= 4 is 38.4 Å². The third kappa shape index (κ3) is 6.80. The van der Waals surface area contributed by atoms with Crippen molar-refractivity contribution in [1.29, 1.82) is 0 Å². The second kappa shape index (κ2) is 12.4. The van der Waals surface area contributed by atoms with Crippen LogP contribution in [0, 0.1) is 10.1 Å². The molecule has 0 aliphatic carbocycles. The summed E-state index contributed by atoms with van der Waals surface area (Å²) in [5, 5.41) is 12.9. The number of nitro groups is 1. The van der Waals surface area contributed by atoms with Crippen LogP contribution in [-0.4, -0.2) is 79.3 Å². The van der Waals surface area contributed by atoms with E-state index < -0.39 is 16.1 Å². The largest absolute Gasteiger partial charge is 0.481 e. The van der Waals surface area contributed by atoms with Crippen molar-refractivity contribution in [3.8, 4) is 5.88 Å². The molecule has 4 rings (SSSR count). The molecule has 38 heavy (non-hydrogen) atoms. The van der Waals surface area contributed by atoms with Gasteiger partial charge in [0.25, 0.3) is 5.69 Å². The number of piperazine rings is 1. The lowest BCUT2D eigenvalue weighted by molar-refractivity contribution is -0.385. The van der Waals surface area contributed by atoms with Gasteiger partial charge in [0.1, 0.15) is 0 Å². The first-order chi connectivity index (χ1) is 18.2. The number of methoxy groups -OCH3 is 1. The molecule has 0 radical (unpaired) electrons. The van der Waals surface area contributed by atoms with Gasteiger partial charge >= 0.3 is 0 Å². The van der Waals surface area contributed by atoms with Crippen LogP contribution < -0.4 is 4.74 Å². The Balaban J connectivity index is 1.62. The van der Waals surface area contributed by atoms with Gasteiger partial charge in [-0.1, -0.05) is 24.3 Å². The zero-order chi connectivity index (χ0) is 27.3. The number of ether oxygens (including phenoxy) is 2. The highest BCUT2D eigenvalue weighted by molar-refractivity contribution is 7.98. The van der Waals surface area contributed by atoms with E-state index in [2.05, 4.69) is 9.88 Å². The number of hydrogen-bond donors (Lipinski definition) is 0. The fourth-order valence-corrected chi connectivity index (χ4v) is 5.80. The molecule has 10 nitrogen and oxygen atoms in total. The number of thioether (sulfide) groups is 1. The van der Waals surface area contributed by atoms with E-state index in [0.29, 0.717) is 50.1 Å². The van der Waals surface area contributed by atoms with E-state index in [1.54, 1.807) is 19.2 Å². The molecule has 0 spiro atoms. The second-order valence-electron chi connectivity index (χ2n) is 9.20. The van der Waals surface area contributed by atoms with E-state index >= 15 is 0 Å². The Kier molecular flexibility index (Phi) is 9.21. The summed E-state index contributed by atoms with van der Waals surface area (Å²) in [5.74, 6) is 0.830. The Morgan fingerprint density at radius 2 is 1.87 bits per heavy atom. The maximum atomic E-state index is 11.9. The first-order valence-electron chi connectivity index (χ1n) is 12.2. The molecule has 2 aromatic carbocycles. The van der Waals surface area contributed by atoms with E-state index in [1.807, 2.05) is 42.7 Å². The predicted molar refractivity (Wildman–Crippen MR) is 149 cm³/mol. The van der Waals surface area contributed by atoms with Crippen LogP contribution >= 0.6 is 11.8 Å². The number of rotatable bonds is 11. The number of fused-ring (bicyclic) bond motifs is 1. The summed E-state index contributed by atoms with van der Waals surface area (Å²) < 4.78 is 36.9. The third-order valence-corrected chi connectivity index (χ3v) is 8.27. The van der Waals surface area contributed by atoms with Crippen molar-refractivity contribution in [1.82, 2.24) is 14.2 Å². The van der Waals surface area contributed by atoms with Crippen LogP contribution in [0.3, 0.4) is 0 Å². The average molecular weight is 561 g/mol. The van der Waals surface area contributed by atoms with E-state index in [1.165, 1.54) is 22.3 Å². The highest BCUT2D eigenvalue weighted by Gasteiger charge is 2.26. The number of nitro benzene ring substituents is 1. The first-order valence-corrected chi connectivity index (χ1v) is 15.4. The summed E-state index contributed by atoms with van der Waals surface area (Å²) in [6.45, 7) is 2.62. The molecule has 1 saturated heterocycles. The van der Waals surface area contributed by atoms with Gasteiger partial charge in [-0.2, -0.15) is 4.31 Å². The lowest BCUT2D eigenvalue weighted by Gasteiger charge is -2.33. The van der Waals surface area contributed by atoms with E-state index in [4.69, 9.17) is 9.47 Å². The number of pyridine rings is 1. The molecular formula is C26H32N4O6S2. The van der Waals surface area contributed by atoms with Crippen molar-refractivity contribution in [2.24, 2.45) is 0 Å². The van der Waals surface area contributed by atoms with Gasteiger partial charge in [-0.25, -0.2) is 13.4 Å². The van der Waals surface area contributed by atoms with E-state index in [-0.39, 0.29) is 17.0 Å². The van der Waals surface area contributed by atoms with Crippen molar-refractivity contribution < 1.29 is 22.8 Å². The number of sulfonamides is 1. The van der Waals surface area contributed by atoms with Crippen LogP contribution in [-0.2, 0) is 27.7 Å². The summed E-state index contributed by atoms with van der Waals surface area (Å²) >= 11 is 1.52. The molecule has 1 aromatic heterocycles. The quantitative estimate of drug-likeness (QED) is 0.196. The zero-order valence-electron chi connectivity index (χ0n) is 21.7. The van der Waals surface area contributed by atoms with Crippen molar-refractivity contribution in [3.05, 3.63) is 75.3 Å². The van der Waals surface area contributed by atoms with Crippen molar-refractivity contribution in [2.45, 2.75) is 19.1 Å². The lowest BCUT2D eigenvalue weighted by atomic mass is 9.97. The Bertz CT molecular complexity index is 1390.